The van der Waals surface area contributed by atoms with Crippen LogP contribution in [0.15, 0.2) is 0 Å². The monoisotopic (exact) mass is 653 g/mol. The Morgan fingerprint density at radius 2 is 0.550 bits per heavy atom. The molecule has 0 saturated heterocycles. The van der Waals surface area contributed by atoms with Crippen LogP contribution in [0.3, 0.4) is 0 Å². The Morgan fingerprint density at radius 3 is 0.650 bits per heavy atom. The van der Waals surface area contributed by atoms with Gasteiger partial charge in [-0.25, -0.2) is 0 Å². The molecule has 0 rings (SSSR count). The van der Waals surface area contributed by atoms with Gasteiger partial charge in [-0.15, -0.1) is 0 Å². The molecule has 6 nitrogen and oxygen atoms in total. The van der Waals surface area contributed by atoms with Gasteiger partial charge in [0, 0.05) is 32.7 Å². The zero-order valence-corrected chi connectivity index (χ0v) is 32.0. The van der Waals surface area contributed by atoms with Crippen molar-refractivity contribution >= 4 is 0 Å². The minimum atomic E-state index is -0.420. The predicted octanol–water partition coefficient (Wildman–Crippen LogP) is 6.57. The van der Waals surface area contributed by atoms with Crippen LogP contribution in [0.1, 0.15) is 142 Å². The van der Waals surface area contributed by atoms with Crippen molar-refractivity contribution in [1.29, 1.82) is 0 Å². The Balaban J connectivity index is -0.000000240. The maximum Gasteiger partial charge on any atom is 0.0613 e. The molecule has 0 aromatic carbocycles. The Morgan fingerprint density at radius 1 is 0.400 bits per heavy atom. The number of aliphatic hydroxyl groups excluding tert-OH is 6. The second kappa shape index (κ2) is 22.4. The molecule has 0 amide bonds. The summed E-state index contributed by atoms with van der Waals surface area (Å²) in [6.07, 6.45) is 1.94. The number of aliphatic hydroxyl groups is 6. The van der Waals surface area contributed by atoms with Crippen molar-refractivity contribution in [1.82, 2.24) is 0 Å². The second-order valence-electron chi connectivity index (χ2n) is 15.2. The van der Waals surface area contributed by atoms with Gasteiger partial charge in [0.25, 0.3) is 0 Å². The Labute approximate surface area is 275 Å². The SMILES string of the molecule is CCC(C)C(O)CC(O)C(C)(C)C.CCC(C)C(O)CC(O)C(C)(C)C.CCC(C)C(O)CC(O)C(C)(C)C.[Y]. The first kappa shape index (κ1) is 47.8. The van der Waals surface area contributed by atoms with Crippen LogP contribution in [-0.2, 0) is 32.7 Å². The molecule has 0 aliphatic heterocycles. The Bertz CT molecular complexity index is 500. The van der Waals surface area contributed by atoms with E-state index in [4.69, 9.17) is 0 Å². The molecular formula is C33H72O6Y. The van der Waals surface area contributed by atoms with E-state index in [9.17, 15) is 30.6 Å². The van der Waals surface area contributed by atoms with E-state index in [1.54, 1.807) is 0 Å². The third kappa shape index (κ3) is 23.3. The fraction of sp³-hybridized carbons (Fsp3) is 1.00. The van der Waals surface area contributed by atoms with Gasteiger partial charge in [-0.05, 0) is 53.3 Å². The summed E-state index contributed by atoms with van der Waals surface area (Å²) >= 11 is 0. The first-order valence-corrected chi connectivity index (χ1v) is 15.4. The van der Waals surface area contributed by atoms with Crippen LogP contribution >= 0.6 is 0 Å². The van der Waals surface area contributed by atoms with Crippen LogP contribution in [0.2, 0.25) is 0 Å². The van der Waals surface area contributed by atoms with Crippen LogP contribution in [0.25, 0.3) is 0 Å². The molecule has 0 aliphatic rings. The maximum absolute atomic E-state index is 9.74. The van der Waals surface area contributed by atoms with Crippen molar-refractivity contribution in [2.75, 3.05) is 0 Å². The molecule has 0 aromatic rings. The third-order valence-corrected chi connectivity index (χ3v) is 8.30. The molecule has 0 bridgehead atoms. The molecule has 0 spiro atoms. The molecule has 9 unspecified atom stereocenters. The molecule has 0 aromatic heterocycles. The molecule has 1 radical (unpaired) electrons. The summed E-state index contributed by atoms with van der Waals surface area (Å²) in [5.41, 5.74) is -0.392. The van der Waals surface area contributed by atoms with Gasteiger partial charge >= 0.3 is 0 Å². The fourth-order valence-electron chi connectivity index (χ4n) is 3.26. The van der Waals surface area contributed by atoms with Crippen LogP contribution in [0.4, 0.5) is 0 Å². The minimum absolute atomic E-state index is 0. The van der Waals surface area contributed by atoms with E-state index in [2.05, 4.69) is 20.8 Å². The Hall–Kier alpha value is 0.864. The average Bonchev–Trinajstić information content (AvgIpc) is 2.80. The quantitative estimate of drug-likeness (QED) is 0.142. The predicted molar refractivity (Wildman–Crippen MR) is 167 cm³/mol. The average molecular weight is 654 g/mol. The largest absolute Gasteiger partial charge is 0.393 e. The Kier molecular flexibility index (Phi) is 26.7. The first-order chi connectivity index (χ1) is 17.4. The molecule has 0 aliphatic carbocycles. The van der Waals surface area contributed by atoms with Crippen LogP contribution < -0.4 is 0 Å². The van der Waals surface area contributed by atoms with Gasteiger partial charge < -0.3 is 30.6 Å². The summed E-state index contributed by atoms with van der Waals surface area (Å²) in [6.45, 7) is 30.1. The van der Waals surface area contributed by atoms with E-state index >= 15 is 0 Å². The van der Waals surface area contributed by atoms with Crippen LogP contribution in [-0.4, -0.2) is 67.3 Å². The molecule has 7 heteroatoms. The molecule has 40 heavy (non-hydrogen) atoms. The summed E-state index contributed by atoms with van der Waals surface area (Å²) in [5, 5.41) is 58.3. The maximum atomic E-state index is 9.74. The zero-order valence-electron chi connectivity index (χ0n) is 29.2. The van der Waals surface area contributed by atoms with E-state index in [-0.39, 0.29) is 85.0 Å². The minimum Gasteiger partial charge on any atom is -0.393 e. The molecule has 0 saturated carbocycles. The van der Waals surface area contributed by atoms with E-state index in [1.807, 2.05) is 83.1 Å². The second-order valence-corrected chi connectivity index (χ2v) is 15.2. The normalized spacial score (nSPS) is 19.1. The zero-order chi connectivity index (χ0) is 31.9. The van der Waals surface area contributed by atoms with Gasteiger partial charge in [-0.1, -0.05) is 123 Å². The number of rotatable bonds is 12. The van der Waals surface area contributed by atoms with Crippen LogP contribution in [0, 0.1) is 34.0 Å². The summed E-state index contributed by atoms with van der Waals surface area (Å²) in [5.74, 6) is 0.825. The number of hydrogen-bond acceptors (Lipinski definition) is 6. The molecule has 0 heterocycles. The van der Waals surface area contributed by atoms with Crippen molar-refractivity contribution in [3.63, 3.8) is 0 Å². The standard InChI is InChI=1S/3C11H24O2.Y/c3*1-6-8(2)9(12)7-10(13)11(3,4)5;/h3*8-10,12-13H,6-7H2,1-5H3;. The smallest absolute Gasteiger partial charge is 0.0613 e. The van der Waals surface area contributed by atoms with E-state index in [0.717, 1.165) is 19.3 Å². The van der Waals surface area contributed by atoms with Gasteiger partial charge in [0.2, 0.25) is 0 Å². The summed E-state index contributed by atoms with van der Waals surface area (Å²) in [4.78, 5) is 0. The topological polar surface area (TPSA) is 121 Å². The van der Waals surface area contributed by atoms with Crippen molar-refractivity contribution < 1.29 is 63.3 Å². The summed E-state index contributed by atoms with van der Waals surface area (Å²) in [7, 11) is 0. The van der Waals surface area contributed by atoms with Crippen molar-refractivity contribution in [3.05, 3.63) is 0 Å². The van der Waals surface area contributed by atoms with E-state index < -0.39 is 18.3 Å². The fourth-order valence-corrected chi connectivity index (χ4v) is 3.26. The third-order valence-electron chi connectivity index (χ3n) is 8.30. The van der Waals surface area contributed by atoms with Crippen molar-refractivity contribution in [3.8, 4) is 0 Å². The van der Waals surface area contributed by atoms with Crippen LogP contribution in [0.5, 0.6) is 0 Å². The first-order valence-electron chi connectivity index (χ1n) is 15.4. The van der Waals surface area contributed by atoms with E-state index in [0.29, 0.717) is 19.3 Å². The molecule has 6 N–H and O–H groups in total. The number of hydrogen-bond donors (Lipinski definition) is 6. The van der Waals surface area contributed by atoms with Gasteiger partial charge in [0.05, 0.1) is 36.6 Å². The van der Waals surface area contributed by atoms with Gasteiger partial charge in [-0.3, -0.25) is 0 Å². The molecular weight excluding hydrogens is 581 g/mol. The molecule has 9 atom stereocenters. The van der Waals surface area contributed by atoms with E-state index in [1.165, 1.54) is 0 Å². The van der Waals surface area contributed by atoms with Gasteiger partial charge in [0.15, 0.2) is 0 Å². The summed E-state index contributed by atoms with van der Waals surface area (Å²) < 4.78 is 0. The van der Waals surface area contributed by atoms with Crippen molar-refractivity contribution in [2.45, 2.75) is 179 Å². The summed E-state index contributed by atoms with van der Waals surface area (Å²) in [6, 6.07) is 0. The van der Waals surface area contributed by atoms with Crippen molar-refractivity contribution in [2.24, 2.45) is 34.0 Å². The van der Waals surface area contributed by atoms with Gasteiger partial charge in [-0.2, -0.15) is 0 Å². The molecule has 243 valence electrons. The molecule has 0 fully saturated rings. The van der Waals surface area contributed by atoms with Gasteiger partial charge in [0.1, 0.15) is 0 Å².